The highest BCUT2D eigenvalue weighted by Crippen LogP contribution is 2.27. The van der Waals surface area contributed by atoms with E-state index >= 15 is 0 Å². The molecule has 1 aromatic heterocycles. The Morgan fingerprint density at radius 3 is 2.33 bits per heavy atom. The lowest BCUT2D eigenvalue weighted by atomic mass is 10.1. The summed E-state index contributed by atoms with van der Waals surface area (Å²) in [6, 6.07) is 4.74. The van der Waals surface area contributed by atoms with Gasteiger partial charge in [-0.25, -0.2) is 13.4 Å². The minimum atomic E-state index is -3.77. The maximum atomic E-state index is 12.3. The van der Waals surface area contributed by atoms with Gasteiger partial charge in [-0.15, -0.1) is 0 Å². The van der Waals surface area contributed by atoms with Gasteiger partial charge < -0.3 is 5.73 Å². The summed E-state index contributed by atoms with van der Waals surface area (Å²) in [4.78, 5) is 3.71. The molecule has 0 unspecified atom stereocenters. The number of pyridine rings is 1. The first-order valence-corrected chi connectivity index (χ1v) is 8.56. The molecule has 0 fully saturated rings. The van der Waals surface area contributed by atoms with Crippen molar-refractivity contribution in [1.29, 1.82) is 0 Å². The van der Waals surface area contributed by atoms with Gasteiger partial charge >= 0.3 is 0 Å². The Balaban J connectivity index is 2.39. The Hall–Kier alpha value is -1.31. The summed E-state index contributed by atoms with van der Waals surface area (Å²) in [6.07, 6.45) is 1.17. The van der Waals surface area contributed by atoms with Gasteiger partial charge in [0.1, 0.15) is 10.7 Å². The smallest absolute Gasteiger partial charge is 0.263 e. The molecule has 5 nitrogen and oxygen atoms in total. The summed E-state index contributed by atoms with van der Waals surface area (Å²) < 4.78 is 28.1. The van der Waals surface area contributed by atoms with Gasteiger partial charge in [0.25, 0.3) is 10.0 Å². The van der Waals surface area contributed by atoms with Crippen LogP contribution in [0.4, 0.5) is 11.5 Å². The van der Waals surface area contributed by atoms with Gasteiger partial charge in [-0.3, -0.25) is 4.72 Å². The second-order valence-corrected chi connectivity index (χ2v) is 7.45. The number of halogens is 2. The predicted octanol–water partition coefficient (Wildman–Crippen LogP) is 3.50. The van der Waals surface area contributed by atoms with Crippen LogP contribution >= 0.6 is 27.5 Å². The van der Waals surface area contributed by atoms with Crippen LogP contribution in [0, 0.1) is 13.8 Å². The molecule has 2 aromatic rings. The molecule has 3 N–H and O–H groups in total. The van der Waals surface area contributed by atoms with Crippen LogP contribution in [0.2, 0.25) is 5.02 Å². The number of hydrogen-bond donors (Lipinski definition) is 2. The molecule has 0 amide bonds. The van der Waals surface area contributed by atoms with Crippen LogP contribution in [0.15, 0.2) is 33.8 Å². The lowest BCUT2D eigenvalue weighted by Gasteiger charge is -2.11. The molecule has 0 atom stereocenters. The summed E-state index contributed by atoms with van der Waals surface area (Å²) in [5.41, 5.74) is 7.81. The molecule has 1 aromatic carbocycles. The third kappa shape index (κ3) is 3.48. The number of benzene rings is 1. The van der Waals surface area contributed by atoms with E-state index in [1.807, 2.05) is 13.8 Å². The second-order valence-electron chi connectivity index (χ2n) is 4.57. The topological polar surface area (TPSA) is 85.1 Å². The normalized spacial score (nSPS) is 11.4. The van der Waals surface area contributed by atoms with Gasteiger partial charge in [0.2, 0.25) is 0 Å². The average Bonchev–Trinajstić information content (AvgIpc) is 2.38. The van der Waals surface area contributed by atoms with Gasteiger partial charge in [0.15, 0.2) is 0 Å². The summed E-state index contributed by atoms with van der Waals surface area (Å²) in [5.74, 6) is 0.0888. The van der Waals surface area contributed by atoms with Crippen LogP contribution in [0.1, 0.15) is 11.1 Å². The highest BCUT2D eigenvalue weighted by atomic mass is 79.9. The molecule has 0 saturated carbocycles. The van der Waals surface area contributed by atoms with E-state index in [0.717, 1.165) is 15.6 Å². The molecule has 0 aliphatic heterocycles. The van der Waals surface area contributed by atoms with Gasteiger partial charge in [-0.2, -0.15) is 0 Å². The molecule has 21 heavy (non-hydrogen) atoms. The number of aromatic nitrogens is 1. The number of hydrogen-bond acceptors (Lipinski definition) is 4. The van der Waals surface area contributed by atoms with Crippen LogP contribution in [-0.4, -0.2) is 13.4 Å². The van der Waals surface area contributed by atoms with Crippen molar-refractivity contribution in [3.05, 3.63) is 45.0 Å². The Morgan fingerprint density at radius 2 is 1.81 bits per heavy atom. The molecule has 0 aliphatic rings. The van der Waals surface area contributed by atoms with Crippen LogP contribution in [0.25, 0.3) is 0 Å². The van der Waals surface area contributed by atoms with Crippen molar-refractivity contribution in [2.75, 3.05) is 10.5 Å². The van der Waals surface area contributed by atoms with Gasteiger partial charge in [0, 0.05) is 16.4 Å². The van der Waals surface area contributed by atoms with E-state index in [-0.39, 0.29) is 15.7 Å². The van der Waals surface area contributed by atoms with Crippen LogP contribution in [-0.2, 0) is 10.0 Å². The fourth-order valence-electron chi connectivity index (χ4n) is 1.80. The number of anilines is 2. The van der Waals surface area contributed by atoms with E-state index in [2.05, 4.69) is 25.6 Å². The number of nitrogens with zero attached hydrogens (tertiary/aromatic N) is 1. The van der Waals surface area contributed by atoms with E-state index in [1.54, 1.807) is 12.1 Å². The first-order chi connectivity index (χ1) is 9.70. The zero-order valence-electron chi connectivity index (χ0n) is 11.3. The van der Waals surface area contributed by atoms with E-state index in [0.29, 0.717) is 5.69 Å². The number of aryl methyl sites for hydroxylation is 2. The fourth-order valence-corrected chi connectivity index (χ4v) is 3.27. The standard InChI is InChI=1S/C13H13BrClN3O2S/c1-7-3-9(4-8(2)12(7)14)18-21(19,20)10-5-11(15)13(16)17-6-10/h3-6,18H,1-2H3,(H2,16,17). The molecular weight excluding hydrogens is 378 g/mol. The summed E-state index contributed by atoms with van der Waals surface area (Å²) in [7, 11) is -3.77. The summed E-state index contributed by atoms with van der Waals surface area (Å²) in [6.45, 7) is 3.77. The molecule has 0 bridgehead atoms. The first-order valence-electron chi connectivity index (χ1n) is 5.91. The highest BCUT2D eigenvalue weighted by molar-refractivity contribution is 9.10. The molecule has 0 spiro atoms. The quantitative estimate of drug-likeness (QED) is 0.840. The number of rotatable bonds is 3. The molecule has 0 saturated heterocycles. The van der Waals surface area contributed by atoms with Gasteiger partial charge in [-0.1, -0.05) is 27.5 Å². The molecule has 0 aliphatic carbocycles. The number of sulfonamides is 1. The van der Waals surface area contributed by atoms with Crippen LogP contribution in [0.5, 0.6) is 0 Å². The lowest BCUT2D eigenvalue weighted by molar-refractivity contribution is 0.601. The van der Waals surface area contributed by atoms with Crippen molar-refractivity contribution >= 4 is 49.1 Å². The van der Waals surface area contributed by atoms with Crippen molar-refractivity contribution in [2.24, 2.45) is 0 Å². The Kier molecular flexibility index (Phi) is 4.46. The number of nitrogens with one attached hydrogen (secondary N) is 1. The van der Waals surface area contributed by atoms with E-state index < -0.39 is 10.0 Å². The third-order valence-electron chi connectivity index (χ3n) is 2.84. The SMILES string of the molecule is Cc1cc(NS(=O)(=O)c2cnc(N)c(Cl)c2)cc(C)c1Br. The minimum absolute atomic E-state index is 0.0417. The van der Waals surface area contributed by atoms with E-state index in [4.69, 9.17) is 17.3 Å². The van der Waals surface area contributed by atoms with Crippen LogP contribution < -0.4 is 10.5 Å². The molecule has 8 heteroatoms. The number of nitrogens with two attached hydrogens (primary N) is 1. The van der Waals surface area contributed by atoms with E-state index in [9.17, 15) is 8.42 Å². The predicted molar refractivity (Wildman–Crippen MR) is 88.1 cm³/mol. The van der Waals surface area contributed by atoms with E-state index in [1.165, 1.54) is 12.3 Å². The molecule has 1 heterocycles. The monoisotopic (exact) mass is 389 g/mol. The Bertz CT molecular complexity index is 786. The molecular formula is C13H13BrClN3O2S. The van der Waals surface area contributed by atoms with Crippen molar-refractivity contribution in [3.63, 3.8) is 0 Å². The average molecular weight is 391 g/mol. The highest BCUT2D eigenvalue weighted by Gasteiger charge is 2.17. The zero-order chi connectivity index (χ0) is 15.8. The van der Waals surface area contributed by atoms with Crippen molar-refractivity contribution < 1.29 is 8.42 Å². The maximum Gasteiger partial charge on any atom is 0.263 e. The zero-order valence-corrected chi connectivity index (χ0v) is 14.5. The van der Waals surface area contributed by atoms with Crippen molar-refractivity contribution in [1.82, 2.24) is 4.98 Å². The molecule has 0 radical (unpaired) electrons. The van der Waals surface area contributed by atoms with Crippen molar-refractivity contribution in [2.45, 2.75) is 18.7 Å². The maximum absolute atomic E-state index is 12.3. The van der Waals surface area contributed by atoms with Gasteiger partial charge in [0.05, 0.1) is 5.02 Å². The molecule has 2 rings (SSSR count). The largest absolute Gasteiger partial charge is 0.382 e. The minimum Gasteiger partial charge on any atom is -0.382 e. The summed E-state index contributed by atoms with van der Waals surface area (Å²) in [5, 5.41) is 0.0982. The van der Waals surface area contributed by atoms with Crippen LogP contribution in [0.3, 0.4) is 0 Å². The summed E-state index contributed by atoms with van der Waals surface area (Å²) >= 11 is 9.24. The van der Waals surface area contributed by atoms with Gasteiger partial charge in [-0.05, 0) is 43.2 Å². The lowest BCUT2D eigenvalue weighted by Crippen LogP contribution is -2.14. The number of nitrogen functional groups attached to an aromatic ring is 1. The molecule has 112 valence electrons. The Morgan fingerprint density at radius 1 is 1.24 bits per heavy atom. The fraction of sp³-hybridized carbons (Fsp3) is 0.154. The third-order valence-corrected chi connectivity index (χ3v) is 5.75. The Labute approximate surface area is 136 Å². The second kappa shape index (κ2) is 5.82. The van der Waals surface area contributed by atoms with Crippen molar-refractivity contribution in [3.8, 4) is 0 Å². The first kappa shape index (κ1) is 16.1.